The molecule has 0 aliphatic rings. The summed E-state index contributed by atoms with van der Waals surface area (Å²) in [6, 6.07) is 14.2. The summed E-state index contributed by atoms with van der Waals surface area (Å²) in [4.78, 5) is 0. The van der Waals surface area contributed by atoms with Crippen LogP contribution in [0.15, 0.2) is 42.6 Å². The van der Waals surface area contributed by atoms with Crippen molar-refractivity contribution < 1.29 is 0 Å². The molecule has 0 saturated carbocycles. The van der Waals surface area contributed by atoms with Gasteiger partial charge in [-0.15, -0.1) is 0 Å². The Bertz CT molecular complexity index is 636. The Labute approximate surface area is 139 Å². The molecule has 0 spiro atoms. The fourth-order valence-electron chi connectivity index (χ4n) is 2.92. The van der Waals surface area contributed by atoms with Gasteiger partial charge >= 0.3 is 0 Å². The quantitative estimate of drug-likeness (QED) is 0.732. The molecule has 1 N–H and O–H groups in total. The van der Waals surface area contributed by atoms with Gasteiger partial charge in [-0.1, -0.05) is 45.2 Å². The number of rotatable bonds is 9. The van der Waals surface area contributed by atoms with Crippen molar-refractivity contribution in [2.75, 3.05) is 6.54 Å². The van der Waals surface area contributed by atoms with E-state index >= 15 is 0 Å². The normalized spacial score (nSPS) is 12.0. The zero-order chi connectivity index (χ0) is 16.5. The summed E-state index contributed by atoms with van der Waals surface area (Å²) in [5.41, 5.74) is 2.85. The Morgan fingerprint density at radius 1 is 1.17 bits per heavy atom. The van der Waals surface area contributed by atoms with E-state index < -0.39 is 0 Å². The second-order valence-corrected chi connectivity index (χ2v) is 6.05. The number of para-hydroxylation sites is 1. The molecular formula is C20H27N3. The second kappa shape index (κ2) is 9.17. The highest BCUT2D eigenvalue weighted by Crippen LogP contribution is 2.17. The van der Waals surface area contributed by atoms with E-state index in [1.807, 2.05) is 36.5 Å². The van der Waals surface area contributed by atoms with Crippen LogP contribution in [0.4, 0.5) is 0 Å². The van der Waals surface area contributed by atoms with Crippen LogP contribution in [0.3, 0.4) is 0 Å². The topological polar surface area (TPSA) is 40.8 Å². The van der Waals surface area contributed by atoms with E-state index in [1.54, 1.807) is 0 Å². The lowest BCUT2D eigenvalue weighted by molar-refractivity contribution is 0.417. The van der Waals surface area contributed by atoms with Crippen molar-refractivity contribution in [2.45, 2.75) is 46.1 Å². The first-order valence-corrected chi connectivity index (χ1v) is 8.66. The van der Waals surface area contributed by atoms with Gasteiger partial charge in [0.05, 0.1) is 11.3 Å². The second-order valence-electron chi connectivity index (χ2n) is 6.05. The smallest absolute Gasteiger partial charge is 0.101 e. The summed E-state index contributed by atoms with van der Waals surface area (Å²) < 4.78 is 2.11. The molecule has 1 aromatic carbocycles. The van der Waals surface area contributed by atoms with Crippen molar-refractivity contribution in [3.63, 3.8) is 0 Å². The van der Waals surface area contributed by atoms with Crippen LogP contribution in [0.5, 0.6) is 0 Å². The first kappa shape index (κ1) is 17.3. The molecule has 0 amide bonds. The van der Waals surface area contributed by atoms with Crippen molar-refractivity contribution in [1.82, 2.24) is 9.88 Å². The van der Waals surface area contributed by atoms with E-state index in [2.05, 4.69) is 35.9 Å². The molecule has 0 radical (unpaired) electrons. The van der Waals surface area contributed by atoms with Gasteiger partial charge in [0.25, 0.3) is 0 Å². The summed E-state index contributed by atoms with van der Waals surface area (Å²) >= 11 is 0. The molecular weight excluding hydrogens is 282 g/mol. The average molecular weight is 309 g/mol. The molecule has 0 aliphatic carbocycles. The number of nitrogens with one attached hydrogen (secondary N) is 1. The van der Waals surface area contributed by atoms with Gasteiger partial charge in [-0.05, 0) is 43.1 Å². The molecule has 0 fully saturated rings. The highest BCUT2D eigenvalue weighted by Gasteiger charge is 2.09. The van der Waals surface area contributed by atoms with Gasteiger partial charge in [-0.3, -0.25) is 0 Å². The van der Waals surface area contributed by atoms with Crippen LogP contribution >= 0.6 is 0 Å². The first-order chi connectivity index (χ1) is 11.3. The molecule has 23 heavy (non-hydrogen) atoms. The zero-order valence-electron chi connectivity index (χ0n) is 14.3. The maximum Gasteiger partial charge on any atom is 0.101 e. The molecule has 1 atom stereocenters. The van der Waals surface area contributed by atoms with E-state index in [9.17, 15) is 5.26 Å². The van der Waals surface area contributed by atoms with E-state index in [4.69, 9.17) is 0 Å². The average Bonchev–Trinajstić information content (AvgIpc) is 3.06. The summed E-state index contributed by atoms with van der Waals surface area (Å²) in [6.45, 7) is 6.41. The van der Waals surface area contributed by atoms with Gasteiger partial charge in [0.1, 0.15) is 6.07 Å². The summed E-state index contributed by atoms with van der Waals surface area (Å²) in [5, 5.41) is 12.9. The number of unbranched alkanes of at least 4 members (excludes halogenated alkanes) is 1. The van der Waals surface area contributed by atoms with Gasteiger partial charge in [-0.25, -0.2) is 0 Å². The van der Waals surface area contributed by atoms with Crippen LogP contribution in [0.2, 0.25) is 0 Å². The van der Waals surface area contributed by atoms with Crippen LogP contribution in [-0.2, 0) is 6.54 Å². The molecule has 0 saturated heterocycles. The summed E-state index contributed by atoms with van der Waals surface area (Å²) in [5.74, 6) is 0.754. The SMILES string of the molecule is CCCCC(CC)CNCc1cccn1-c1ccccc1C#N. The van der Waals surface area contributed by atoms with Crippen LogP contribution in [0, 0.1) is 17.2 Å². The number of hydrogen-bond acceptors (Lipinski definition) is 2. The highest BCUT2D eigenvalue weighted by molar-refractivity contribution is 5.49. The van der Waals surface area contributed by atoms with Crippen molar-refractivity contribution in [2.24, 2.45) is 5.92 Å². The maximum absolute atomic E-state index is 9.29. The monoisotopic (exact) mass is 309 g/mol. The fourth-order valence-corrected chi connectivity index (χ4v) is 2.92. The molecule has 1 heterocycles. The standard InChI is InChI=1S/C20H27N3/c1-3-5-9-17(4-2)15-22-16-19-11-8-13-23(19)20-12-7-6-10-18(20)14-21/h6-8,10-13,17,22H,3-5,9,15-16H2,1-2H3. The molecule has 0 bridgehead atoms. The van der Waals surface area contributed by atoms with Crippen LogP contribution in [0.1, 0.15) is 50.8 Å². The third-order valence-corrected chi connectivity index (χ3v) is 4.40. The van der Waals surface area contributed by atoms with E-state index in [-0.39, 0.29) is 0 Å². The minimum atomic E-state index is 0.708. The Kier molecular flexibility index (Phi) is 6.90. The number of nitrogens with zero attached hydrogens (tertiary/aromatic N) is 2. The number of nitriles is 1. The maximum atomic E-state index is 9.29. The highest BCUT2D eigenvalue weighted by atomic mass is 15.0. The number of aromatic nitrogens is 1. The van der Waals surface area contributed by atoms with Crippen LogP contribution in [-0.4, -0.2) is 11.1 Å². The van der Waals surface area contributed by atoms with E-state index in [1.165, 1.54) is 31.4 Å². The summed E-state index contributed by atoms with van der Waals surface area (Å²) in [7, 11) is 0. The molecule has 3 nitrogen and oxygen atoms in total. The molecule has 2 rings (SSSR count). The van der Waals surface area contributed by atoms with Crippen LogP contribution in [0.25, 0.3) is 5.69 Å². The van der Waals surface area contributed by atoms with Gasteiger partial charge in [0.2, 0.25) is 0 Å². The summed E-state index contributed by atoms with van der Waals surface area (Å²) in [6.07, 6.45) is 7.14. The number of benzene rings is 1. The fraction of sp³-hybridized carbons (Fsp3) is 0.450. The molecule has 0 aliphatic heterocycles. The van der Waals surface area contributed by atoms with Crippen molar-refractivity contribution in [1.29, 1.82) is 5.26 Å². The predicted octanol–water partition coefficient (Wildman–Crippen LogP) is 4.65. The van der Waals surface area contributed by atoms with Crippen molar-refractivity contribution in [3.05, 3.63) is 53.9 Å². The van der Waals surface area contributed by atoms with E-state index in [0.29, 0.717) is 5.56 Å². The third-order valence-electron chi connectivity index (χ3n) is 4.40. The van der Waals surface area contributed by atoms with Crippen molar-refractivity contribution >= 4 is 0 Å². The third kappa shape index (κ3) is 4.71. The Hall–Kier alpha value is -2.05. The van der Waals surface area contributed by atoms with Gasteiger partial charge in [-0.2, -0.15) is 5.26 Å². The number of hydrogen-bond donors (Lipinski definition) is 1. The lowest BCUT2D eigenvalue weighted by Gasteiger charge is -2.16. The van der Waals surface area contributed by atoms with E-state index in [0.717, 1.165) is 24.7 Å². The first-order valence-electron chi connectivity index (χ1n) is 8.66. The molecule has 2 aromatic rings. The van der Waals surface area contributed by atoms with Gasteiger partial charge < -0.3 is 9.88 Å². The van der Waals surface area contributed by atoms with Crippen molar-refractivity contribution in [3.8, 4) is 11.8 Å². The molecule has 122 valence electrons. The Morgan fingerprint density at radius 3 is 2.74 bits per heavy atom. The molecule has 1 unspecified atom stereocenters. The Morgan fingerprint density at radius 2 is 2.00 bits per heavy atom. The molecule has 3 heteroatoms. The van der Waals surface area contributed by atoms with Crippen LogP contribution < -0.4 is 5.32 Å². The minimum Gasteiger partial charge on any atom is -0.318 e. The largest absolute Gasteiger partial charge is 0.318 e. The lowest BCUT2D eigenvalue weighted by atomic mass is 9.99. The Balaban J connectivity index is 2.00. The van der Waals surface area contributed by atoms with Gasteiger partial charge in [0.15, 0.2) is 0 Å². The van der Waals surface area contributed by atoms with Gasteiger partial charge in [0, 0.05) is 18.4 Å². The predicted molar refractivity (Wildman–Crippen MR) is 95.5 cm³/mol. The molecule has 1 aromatic heterocycles. The zero-order valence-corrected chi connectivity index (χ0v) is 14.3. The lowest BCUT2D eigenvalue weighted by Crippen LogP contribution is -2.23. The minimum absolute atomic E-state index is 0.708.